The molecule has 1 aromatic heterocycles. The summed E-state index contributed by atoms with van der Waals surface area (Å²) in [6, 6.07) is 8.64. The first-order valence-electron chi connectivity index (χ1n) is 9.45. The van der Waals surface area contributed by atoms with Gasteiger partial charge in [0.2, 0.25) is 15.9 Å². The summed E-state index contributed by atoms with van der Waals surface area (Å²) in [7, 11) is -3.51. The van der Waals surface area contributed by atoms with Crippen LogP contribution in [-0.2, 0) is 14.8 Å². The molecule has 1 aliphatic rings. The number of benzene rings is 1. The minimum Gasteiger partial charge on any atom is -0.343 e. The highest BCUT2D eigenvalue weighted by Crippen LogP contribution is 2.18. The second-order valence-electron chi connectivity index (χ2n) is 7.27. The number of nitrogens with one attached hydrogen (secondary N) is 2. The van der Waals surface area contributed by atoms with E-state index in [-0.39, 0.29) is 24.4 Å². The highest BCUT2D eigenvalue weighted by atomic mass is 32.2. The molecule has 1 aromatic carbocycles. The number of rotatable bonds is 6. The van der Waals surface area contributed by atoms with Gasteiger partial charge in [0.15, 0.2) is 0 Å². The summed E-state index contributed by atoms with van der Waals surface area (Å²) in [5.41, 5.74) is 2.53. The van der Waals surface area contributed by atoms with Gasteiger partial charge < -0.3 is 10.2 Å². The van der Waals surface area contributed by atoms with Gasteiger partial charge in [-0.15, -0.1) is 11.3 Å². The predicted molar refractivity (Wildman–Crippen MR) is 112 cm³/mol. The molecule has 156 valence electrons. The van der Waals surface area contributed by atoms with Gasteiger partial charge in [0, 0.05) is 24.7 Å². The standard InChI is InChI=1S/C20H25N3O4S2/c1-14-10-15(2)12-16(11-14)20(25)21-13-18(24)23-7-5-17(6-8-23)22-29(26,27)19-4-3-9-28-19/h3-4,9-12,17,22H,5-8,13H2,1-2H3,(H,21,25). The van der Waals surface area contributed by atoms with E-state index < -0.39 is 10.0 Å². The van der Waals surface area contributed by atoms with Crippen molar-refractivity contribution >= 4 is 33.2 Å². The zero-order chi connectivity index (χ0) is 21.0. The van der Waals surface area contributed by atoms with Crippen molar-refractivity contribution in [1.29, 1.82) is 0 Å². The third-order valence-electron chi connectivity index (χ3n) is 4.81. The van der Waals surface area contributed by atoms with Crippen molar-refractivity contribution in [1.82, 2.24) is 14.9 Å². The Morgan fingerprint density at radius 2 is 1.79 bits per heavy atom. The molecule has 0 bridgehead atoms. The molecule has 0 unspecified atom stereocenters. The molecule has 0 radical (unpaired) electrons. The summed E-state index contributed by atoms with van der Waals surface area (Å²) in [6.07, 6.45) is 1.09. The highest BCUT2D eigenvalue weighted by molar-refractivity contribution is 7.91. The van der Waals surface area contributed by atoms with Crippen LogP contribution in [-0.4, -0.2) is 50.8 Å². The van der Waals surface area contributed by atoms with Crippen LogP contribution in [0, 0.1) is 13.8 Å². The molecule has 1 saturated heterocycles. The van der Waals surface area contributed by atoms with Crippen molar-refractivity contribution in [3.05, 3.63) is 52.4 Å². The summed E-state index contributed by atoms with van der Waals surface area (Å²) in [5.74, 6) is -0.439. The van der Waals surface area contributed by atoms with Crippen LogP contribution in [0.1, 0.15) is 34.3 Å². The van der Waals surface area contributed by atoms with E-state index in [1.165, 1.54) is 11.3 Å². The van der Waals surface area contributed by atoms with Crippen molar-refractivity contribution < 1.29 is 18.0 Å². The van der Waals surface area contributed by atoms with Crippen LogP contribution >= 0.6 is 11.3 Å². The van der Waals surface area contributed by atoms with Gasteiger partial charge in [-0.25, -0.2) is 13.1 Å². The molecule has 0 atom stereocenters. The molecule has 9 heteroatoms. The molecule has 0 spiro atoms. The number of nitrogens with zero attached hydrogens (tertiary/aromatic N) is 1. The van der Waals surface area contributed by atoms with Gasteiger partial charge in [0.05, 0.1) is 6.54 Å². The molecule has 2 heterocycles. The number of sulfonamides is 1. The molecule has 0 saturated carbocycles. The molecule has 1 aliphatic heterocycles. The fourth-order valence-corrected chi connectivity index (χ4v) is 5.73. The van der Waals surface area contributed by atoms with Gasteiger partial charge in [-0.1, -0.05) is 23.3 Å². The Bertz CT molecular complexity index is 959. The topological polar surface area (TPSA) is 95.6 Å². The Morgan fingerprint density at radius 1 is 1.14 bits per heavy atom. The van der Waals surface area contributed by atoms with E-state index in [4.69, 9.17) is 0 Å². The Labute approximate surface area is 175 Å². The normalized spacial score (nSPS) is 15.3. The smallest absolute Gasteiger partial charge is 0.251 e. The maximum atomic E-state index is 12.4. The first kappa shape index (κ1) is 21.5. The summed E-state index contributed by atoms with van der Waals surface area (Å²) < 4.78 is 27.6. The molecule has 3 rings (SSSR count). The van der Waals surface area contributed by atoms with Gasteiger partial charge in [-0.2, -0.15) is 0 Å². The second kappa shape index (κ2) is 9.06. The maximum Gasteiger partial charge on any atom is 0.251 e. The zero-order valence-electron chi connectivity index (χ0n) is 16.5. The van der Waals surface area contributed by atoms with Crippen molar-refractivity contribution in [3.8, 4) is 0 Å². The minimum absolute atomic E-state index is 0.0720. The van der Waals surface area contributed by atoms with E-state index in [0.29, 0.717) is 35.7 Å². The van der Waals surface area contributed by atoms with Crippen LogP contribution < -0.4 is 10.0 Å². The largest absolute Gasteiger partial charge is 0.343 e. The van der Waals surface area contributed by atoms with Crippen molar-refractivity contribution in [2.24, 2.45) is 0 Å². The number of likely N-dealkylation sites (tertiary alicyclic amines) is 1. The van der Waals surface area contributed by atoms with Crippen LogP contribution in [0.15, 0.2) is 39.9 Å². The molecule has 2 aromatic rings. The quantitative estimate of drug-likeness (QED) is 0.726. The Balaban J connectivity index is 1.47. The van der Waals surface area contributed by atoms with Crippen LogP contribution in [0.3, 0.4) is 0 Å². The van der Waals surface area contributed by atoms with E-state index in [2.05, 4.69) is 10.0 Å². The monoisotopic (exact) mass is 435 g/mol. The number of amides is 2. The third kappa shape index (κ3) is 5.65. The summed E-state index contributed by atoms with van der Waals surface area (Å²) >= 11 is 1.18. The first-order valence-corrected chi connectivity index (χ1v) is 11.8. The van der Waals surface area contributed by atoms with Crippen molar-refractivity contribution in [3.63, 3.8) is 0 Å². The number of piperidine rings is 1. The average molecular weight is 436 g/mol. The van der Waals surface area contributed by atoms with Gasteiger partial charge in [-0.05, 0) is 50.3 Å². The first-order chi connectivity index (χ1) is 13.7. The van der Waals surface area contributed by atoms with Gasteiger partial charge in [0.25, 0.3) is 5.91 Å². The van der Waals surface area contributed by atoms with Gasteiger partial charge in [-0.3, -0.25) is 9.59 Å². The molecule has 1 fully saturated rings. The lowest BCUT2D eigenvalue weighted by Crippen LogP contribution is -2.48. The van der Waals surface area contributed by atoms with E-state index >= 15 is 0 Å². The third-order valence-corrected chi connectivity index (χ3v) is 7.73. The Hall–Kier alpha value is -2.23. The number of thiophene rings is 1. The summed E-state index contributed by atoms with van der Waals surface area (Å²) in [4.78, 5) is 26.4. The van der Waals surface area contributed by atoms with E-state index in [1.54, 1.807) is 34.5 Å². The lowest BCUT2D eigenvalue weighted by molar-refractivity contribution is -0.131. The number of hydrogen-bond donors (Lipinski definition) is 2. The minimum atomic E-state index is -3.51. The fraction of sp³-hybridized carbons (Fsp3) is 0.400. The second-order valence-corrected chi connectivity index (χ2v) is 10.2. The zero-order valence-corrected chi connectivity index (χ0v) is 18.1. The molecule has 2 N–H and O–H groups in total. The molecular formula is C20H25N3O4S2. The van der Waals surface area contributed by atoms with Crippen LogP contribution in [0.25, 0.3) is 0 Å². The number of hydrogen-bond acceptors (Lipinski definition) is 5. The summed E-state index contributed by atoms with van der Waals surface area (Å²) in [6.45, 7) is 4.68. The maximum absolute atomic E-state index is 12.4. The van der Waals surface area contributed by atoms with E-state index in [0.717, 1.165) is 11.1 Å². The summed E-state index contributed by atoms with van der Waals surface area (Å²) in [5, 5.41) is 4.40. The molecule has 0 aliphatic carbocycles. The van der Waals surface area contributed by atoms with Crippen LogP contribution in [0.5, 0.6) is 0 Å². The Morgan fingerprint density at radius 3 is 2.38 bits per heavy atom. The molecule has 2 amide bonds. The highest BCUT2D eigenvalue weighted by Gasteiger charge is 2.27. The van der Waals surface area contributed by atoms with Crippen molar-refractivity contribution in [2.45, 2.75) is 36.9 Å². The number of carbonyl (C=O) groups is 2. The van der Waals surface area contributed by atoms with Crippen LogP contribution in [0.2, 0.25) is 0 Å². The number of aryl methyl sites for hydroxylation is 2. The SMILES string of the molecule is Cc1cc(C)cc(C(=O)NCC(=O)N2CCC(NS(=O)(=O)c3cccs3)CC2)c1. The fourth-order valence-electron chi connectivity index (χ4n) is 3.42. The van der Waals surface area contributed by atoms with Gasteiger partial charge >= 0.3 is 0 Å². The Kier molecular flexibility index (Phi) is 6.71. The van der Waals surface area contributed by atoms with Gasteiger partial charge in [0.1, 0.15) is 4.21 Å². The lowest BCUT2D eigenvalue weighted by atomic mass is 10.1. The van der Waals surface area contributed by atoms with E-state index in [9.17, 15) is 18.0 Å². The molecule has 29 heavy (non-hydrogen) atoms. The van der Waals surface area contributed by atoms with Crippen LogP contribution in [0.4, 0.5) is 0 Å². The van der Waals surface area contributed by atoms with Crippen molar-refractivity contribution in [2.75, 3.05) is 19.6 Å². The number of carbonyl (C=O) groups excluding carboxylic acids is 2. The van der Waals surface area contributed by atoms with E-state index in [1.807, 2.05) is 19.9 Å². The molecule has 7 nitrogen and oxygen atoms in total. The lowest BCUT2D eigenvalue weighted by Gasteiger charge is -2.32. The average Bonchev–Trinajstić information content (AvgIpc) is 3.21. The molecular weight excluding hydrogens is 410 g/mol. The predicted octanol–water partition coefficient (Wildman–Crippen LogP) is 2.06.